The molecule has 2 aromatic rings. The normalized spacial score (nSPS) is 12.0. The molecule has 3 heteroatoms. The standard InChI is InChI=1S/C22H27NO2/c1-17(2)9-7-8-16-25-22(21-11-6-5-10-18(21)3)23-19-12-14-20(24-4)15-13-19/h5-8,10-15,17H,9,16H2,1-4H3/b8-7+,23-22?. The molecule has 25 heavy (non-hydrogen) atoms. The highest BCUT2D eigenvalue weighted by Crippen LogP contribution is 2.20. The molecule has 0 atom stereocenters. The van der Waals surface area contributed by atoms with E-state index in [1.54, 1.807) is 7.11 Å². The molecule has 0 radical (unpaired) electrons. The van der Waals surface area contributed by atoms with Crippen molar-refractivity contribution in [2.75, 3.05) is 13.7 Å². The monoisotopic (exact) mass is 337 g/mol. The van der Waals surface area contributed by atoms with E-state index in [0.717, 1.165) is 29.0 Å². The second-order valence-corrected chi connectivity index (χ2v) is 6.34. The van der Waals surface area contributed by atoms with Crippen molar-refractivity contribution in [3.8, 4) is 5.75 Å². The summed E-state index contributed by atoms with van der Waals surface area (Å²) in [6.45, 7) is 6.98. The van der Waals surface area contributed by atoms with Crippen molar-refractivity contribution in [1.82, 2.24) is 0 Å². The van der Waals surface area contributed by atoms with E-state index in [-0.39, 0.29) is 0 Å². The van der Waals surface area contributed by atoms with Gasteiger partial charge >= 0.3 is 0 Å². The van der Waals surface area contributed by atoms with Gasteiger partial charge in [-0.15, -0.1) is 0 Å². The topological polar surface area (TPSA) is 30.8 Å². The van der Waals surface area contributed by atoms with E-state index in [4.69, 9.17) is 14.5 Å². The first-order chi connectivity index (χ1) is 12.1. The van der Waals surface area contributed by atoms with Gasteiger partial charge < -0.3 is 9.47 Å². The molecule has 0 N–H and O–H groups in total. The first-order valence-electron chi connectivity index (χ1n) is 8.66. The molecular formula is C22H27NO2. The van der Waals surface area contributed by atoms with Gasteiger partial charge in [0, 0.05) is 5.56 Å². The van der Waals surface area contributed by atoms with E-state index >= 15 is 0 Å². The van der Waals surface area contributed by atoms with Crippen LogP contribution in [0.1, 0.15) is 31.4 Å². The molecule has 0 bridgehead atoms. The van der Waals surface area contributed by atoms with Crippen molar-refractivity contribution in [3.63, 3.8) is 0 Å². The third kappa shape index (κ3) is 6.11. The molecule has 0 fully saturated rings. The number of aryl methyl sites for hydroxylation is 1. The maximum absolute atomic E-state index is 5.98. The second kappa shape index (κ2) is 9.67. The molecule has 0 aliphatic rings. The van der Waals surface area contributed by atoms with Gasteiger partial charge in [0.05, 0.1) is 12.8 Å². The average Bonchev–Trinajstić information content (AvgIpc) is 2.61. The van der Waals surface area contributed by atoms with E-state index in [1.807, 2.05) is 42.5 Å². The van der Waals surface area contributed by atoms with Gasteiger partial charge in [0.25, 0.3) is 0 Å². The van der Waals surface area contributed by atoms with Crippen molar-refractivity contribution in [2.24, 2.45) is 10.9 Å². The van der Waals surface area contributed by atoms with Crippen LogP contribution in [0.15, 0.2) is 65.7 Å². The summed E-state index contributed by atoms with van der Waals surface area (Å²) < 4.78 is 11.2. The first kappa shape index (κ1) is 18.8. The van der Waals surface area contributed by atoms with Crippen LogP contribution in [0.5, 0.6) is 5.75 Å². The molecule has 0 saturated heterocycles. The van der Waals surface area contributed by atoms with Crippen LogP contribution in [0, 0.1) is 12.8 Å². The van der Waals surface area contributed by atoms with Crippen LogP contribution in [0.2, 0.25) is 0 Å². The Balaban J connectivity index is 2.21. The highest BCUT2D eigenvalue weighted by Gasteiger charge is 2.08. The summed E-state index contributed by atoms with van der Waals surface area (Å²) in [5.41, 5.74) is 2.99. The fraction of sp³-hybridized carbons (Fsp3) is 0.318. The molecule has 0 heterocycles. The number of hydrogen-bond acceptors (Lipinski definition) is 3. The second-order valence-electron chi connectivity index (χ2n) is 6.34. The lowest BCUT2D eigenvalue weighted by Gasteiger charge is -2.11. The third-order valence-electron chi connectivity index (χ3n) is 3.77. The van der Waals surface area contributed by atoms with Crippen LogP contribution in [0.4, 0.5) is 5.69 Å². The molecule has 132 valence electrons. The minimum Gasteiger partial charge on any atom is -0.497 e. The van der Waals surface area contributed by atoms with Gasteiger partial charge in [0.15, 0.2) is 0 Å². The minimum atomic E-state index is 0.510. The molecule has 3 nitrogen and oxygen atoms in total. The Labute approximate surface area is 151 Å². The van der Waals surface area contributed by atoms with Crippen molar-refractivity contribution in [3.05, 3.63) is 71.8 Å². The summed E-state index contributed by atoms with van der Waals surface area (Å²) in [5.74, 6) is 2.10. The first-order valence-corrected chi connectivity index (χ1v) is 8.66. The Hall–Kier alpha value is -2.55. The number of rotatable bonds is 7. The van der Waals surface area contributed by atoms with Crippen LogP contribution in [0.25, 0.3) is 0 Å². The van der Waals surface area contributed by atoms with Crippen molar-refractivity contribution in [1.29, 1.82) is 0 Å². The largest absolute Gasteiger partial charge is 0.497 e. The lowest BCUT2D eigenvalue weighted by molar-refractivity contribution is 0.351. The zero-order valence-electron chi connectivity index (χ0n) is 15.5. The molecule has 0 aliphatic heterocycles. The summed E-state index contributed by atoms with van der Waals surface area (Å²) in [5, 5.41) is 0. The quantitative estimate of drug-likeness (QED) is 0.368. The molecular weight excluding hydrogens is 310 g/mol. The number of nitrogens with zero attached hydrogens (tertiary/aromatic N) is 1. The highest BCUT2D eigenvalue weighted by atomic mass is 16.5. The van der Waals surface area contributed by atoms with Gasteiger partial charge in [0.2, 0.25) is 5.90 Å². The Bertz CT molecular complexity index is 715. The van der Waals surface area contributed by atoms with Crippen LogP contribution >= 0.6 is 0 Å². The zero-order valence-corrected chi connectivity index (χ0v) is 15.5. The molecule has 0 amide bonds. The number of aliphatic imine (C=N–C) groups is 1. The lowest BCUT2D eigenvalue weighted by Crippen LogP contribution is -2.08. The molecule has 0 saturated carbocycles. The number of ether oxygens (including phenoxy) is 2. The van der Waals surface area contributed by atoms with Crippen LogP contribution in [-0.2, 0) is 4.74 Å². The SMILES string of the molecule is COc1ccc(N=C(OC/C=C/CC(C)C)c2ccccc2C)cc1. The highest BCUT2D eigenvalue weighted by molar-refractivity contribution is 5.97. The Morgan fingerprint density at radius 1 is 1.04 bits per heavy atom. The summed E-state index contributed by atoms with van der Waals surface area (Å²) >= 11 is 0. The molecule has 0 aliphatic carbocycles. The van der Waals surface area contributed by atoms with Crippen LogP contribution in [0.3, 0.4) is 0 Å². The predicted octanol–water partition coefficient (Wildman–Crippen LogP) is 5.70. The zero-order chi connectivity index (χ0) is 18.1. The summed E-state index contributed by atoms with van der Waals surface area (Å²) in [4.78, 5) is 4.70. The molecule has 2 aromatic carbocycles. The minimum absolute atomic E-state index is 0.510. The number of allylic oxidation sites excluding steroid dienone is 1. The van der Waals surface area contributed by atoms with Gasteiger partial charge in [-0.3, -0.25) is 0 Å². The fourth-order valence-corrected chi connectivity index (χ4v) is 2.32. The number of methoxy groups -OCH3 is 1. The van der Waals surface area contributed by atoms with Gasteiger partial charge in [-0.25, -0.2) is 4.99 Å². The Morgan fingerprint density at radius 3 is 2.40 bits per heavy atom. The van der Waals surface area contributed by atoms with E-state index in [2.05, 4.69) is 39.0 Å². The van der Waals surface area contributed by atoms with E-state index in [9.17, 15) is 0 Å². The molecule has 0 unspecified atom stereocenters. The van der Waals surface area contributed by atoms with Crippen LogP contribution in [-0.4, -0.2) is 19.6 Å². The number of benzene rings is 2. The van der Waals surface area contributed by atoms with E-state index < -0.39 is 0 Å². The summed E-state index contributed by atoms with van der Waals surface area (Å²) in [6, 6.07) is 15.8. The maximum atomic E-state index is 5.98. The maximum Gasteiger partial charge on any atom is 0.221 e. The molecule has 0 aromatic heterocycles. The third-order valence-corrected chi connectivity index (χ3v) is 3.77. The predicted molar refractivity (Wildman–Crippen MR) is 105 cm³/mol. The van der Waals surface area contributed by atoms with Gasteiger partial charge in [-0.1, -0.05) is 44.2 Å². The van der Waals surface area contributed by atoms with Crippen molar-refractivity contribution < 1.29 is 9.47 Å². The lowest BCUT2D eigenvalue weighted by atomic mass is 10.1. The summed E-state index contributed by atoms with van der Waals surface area (Å²) in [6.07, 6.45) is 5.27. The molecule has 0 spiro atoms. The Morgan fingerprint density at radius 2 is 1.76 bits per heavy atom. The Kier molecular flexibility index (Phi) is 7.27. The van der Waals surface area contributed by atoms with Gasteiger partial charge in [-0.05, 0) is 55.2 Å². The number of hydrogen-bond donors (Lipinski definition) is 0. The average molecular weight is 337 g/mol. The molecule has 2 rings (SSSR count). The van der Waals surface area contributed by atoms with Crippen LogP contribution < -0.4 is 4.74 Å². The van der Waals surface area contributed by atoms with E-state index in [1.165, 1.54) is 0 Å². The fourth-order valence-electron chi connectivity index (χ4n) is 2.32. The van der Waals surface area contributed by atoms with Crippen molar-refractivity contribution >= 4 is 11.6 Å². The summed E-state index contributed by atoms with van der Waals surface area (Å²) in [7, 11) is 1.66. The smallest absolute Gasteiger partial charge is 0.221 e. The van der Waals surface area contributed by atoms with Gasteiger partial charge in [-0.2, -0.15) is 0 Å². The van der Waals surface area contributed by atoms with Crippen molar-refractivity contribution in [2.45, 2.75) is 27.2 Å². The van der Waals surface area contributed by atoms with E-state index in [0.29, 0.717) is 18.4 Å². The van der Waals surface area contributed by atoms with Gasteiger partial charge in [0.1, 0.15) is 12.4 Å².